The molecule has 0 bridgehead atoms. The second-order valence-corrected chi connectivity index (χ2v) is 8.66. The summed E-state index contributed by atoms with van der Waals surface area (Å²) in [4.78, 5) is 26.9. The molecule has 1 fully saturated rings. The summed E-state index contributed by atoms with van der Waals surface area (Å²) in [6.07, 6.45) is 1.57. The zero-order valence-electron chi connectivity index (χ0n) is 20.0. The van der Waals surface area contributed by atoms with Gasteiger partial charge in [0, 0.05) is 30.8 Å². The van der Waals surface area contributed by atoms with E-state index >= 15 is 0 Å². The minimum Gasteiger partial charge on any atom is -0.457 e. The summed E-state index contributed by atoms with van der Waals surface area (Å²) in [5.74, 6) is 1.34. The van der Waals surface area contributed by atoms with Gasteiger partial charge in [0.1, 0.15) is 11.5 Å². The van der Waals surface area contributed by atoms with E-state index in [9.17, 15) is 9.59 Å². The van der Waals surface area contributed by atoms with Gasteiger partial charge in [0.05, 0.1) is 30.8 Å². The number of anilines is 1. The number of nitrogens with zero attached hydrogens (tertiary/aromatic N) is 4. The monoisotopic (exact) mass is 471 g/mol. The van der Waals surface area contributed by atoms with Crippen LogP contribution >= 0.6 is 0 Å². The van der Waals surface area contributed by atoms with Crippen LogP contribution in [0.2, 0.25) is 0 Å². The van der Waals surface area contributed by atoms with Crippen molar-refractivity contribution in [2.24, 2.45) is 0 Å². The molecule has 0 radical (unpaired) electrons. The molecular weight excluding hydrogens is 442 g/mol. The summed E-state index contributed by atoms with van der Waals surface area (Å²) in [5.41, 5.74) is 3.70. The van der Waals surface area contributed by atoms with Gasteiger partial charge in [0.15, 0.2) is 0 Å². The van der Waals surface area contributed by atoms with Crippen LogP contribution in [0.4, 0.5) is 5.69 Å². The van der Waals surface area contributed by atoms with Gasteiger partial charge in [-0.1, -0.05) is 18.2 Å². The van der Waals surface area contributed by atoms with Gasteiger partial charge in [-0.2, -0.15) is 10.4 Å². The average Bonchev–Trinajstić information content (AvgIpc) is 3.35. The molecule has 1 aromatic heterocycles. The number of benzene rings is 2. The first-order valence-electron chi connectivity index (χ1n) is 11.8. The normalized spacial score (nSPS) is 15.2. The number of hydrogen-bond acceptors (Lipinski definition) is 5. The minimum absolute atomic E-state index is 0.0162. The molecule has 0 saturated carbocycles. The Labute approximate surface area is 205 Å². The van der Waals surface area contributed by atoms with Crippen LogP contribution in [0.15, 0.2) is 54.6 Å². The van der Waals surface area contributed by atoms with Crippen LogP contribution in [0.3, 0.4) is 0 Å². The fraction of sp³-hybridized carbons (Fsp3) is 0.333. The van der Waals surface area contributed by atoms with E-state index in [4.69, 9.17) is 10.00 Å². The van der Waals surface area contributed by atoms with E-state index < -0.39 is 0 Å². The first-order chi connectivity index (χ1) is 16.9. The highest BCUT2D eigenvalue weighted by atomic mass is 16.5. The molecule has 2 amide bonds. The van der Waals surface area contributed by atoms with E-state index in [0.717, 1.165) is 28.4 Å². The van der Waals surface area contributed by atoms with Crippen LogP contribution in [-0.2, 0) is 22.6 Å². The Balaban J connectivity index is 1.29. The molecule has 35 heavy (non-hydrogen) atoms. The topological polar surface area (TPSA) is 100 Å². The first-order valence-corrected chi connectivity index (χ1v) is 11.8. The van der Waals surface area contributed by atoms with Crippen LogP contribution < -0.4 is 15.0 Å². The third-order valence-corrected chi connectivity index (χ3v) is 6.19. The Kier molecular flexibility index (Phi) is 7.46. The van der Waals surface area contributed by atoms with Crippen LogP contribution in [0, 0.1) is 25.2 Å². The fourth-order valence-electron chi connectivity index (χ4n) is 4.38. The number of aryl methyl sites for hydroxylation is 2. The van der Waals surface area contributed by atoms with Crippen molar-refractivity contribution >= 4 is 17.5 Å². The molecule has 3 aromatic rings. The number of ether oxygens (including phenoxy) is 1. The molecule has 0 spiro atoms. The molecule has 1 aliphatic heterocycles. The zero-order valence-corrected chi connectivity index (χ0v) is 20.0. The highest BCUT2D eigenvalue weighted by molar-refractivity contribution is 5.96. The summed E-state index contributed by atoms with van der Waals surface area (Å²) < 4.78 is 7.65. The molecule has 1 N–H and O–H groups in total. The molecule has 1 atom stereocenters. The number of para-hydroxylation sites is 1. The highest BCUT2D eigenvalue weighted by Gasteiger charge is 2.31. The lowest BCUT2D eigenvalue weighted by Gasteiger charge is -2.18. The minimum atomic E-state index is -0.226. The third-order valence-electron chi connectivity index (χ3n) is 6.19. The van der Waals surface area contributed by atoms with Crippen LogP contribution in [0.25, 0.3) is 0 Å². The Morgan fingerprint density at radius 3 is 2.57 bits per heavy atom. The Morgan fingerprint density at radius 2 is 1.86 bits per heavy atom. The third kappa shape index (κ3) is 5.87. The quantitative estimate of drug-likeness (QED) is 0.507. The van der Waals surface area contributed by atoms with Crippen molar-refractivity contribution in [1.82, 2.24) is 15.1 Å². The number of rotatable bonds is 9. The Hall–Kier alpha value is -4.12. The summed E-state index contributed by atoms with van der Waals surface area (Å²) in [6, 6.07) is 18.8. The van der Waals surface area contributed by atoms with Crippen molar-refractivity contribution < 1.29 is 14.3 Å². The number of aromatic nitrogens is 2. The molecule has 4 rings (SSSR count). The Morgan fingerprint density at radius 1 is 1.14 bits per heavy atom. The van der Waals surface area contributed by atoms with Gasteiger partial charge in [-0.25, -0.2) is 0 Å². The second kappa shape index (κ2) is 10.9. The van der Waals surface area contributed by atoms with Crippen molar-refractivity contribution in [2.75, 3.05) is 11.4 Å². The van der Waals surface area contributed by atoms with Crippen molar-refractivity contribution in [1.29, 1.82) is 5.26 Å². The van der Waals surface area contributed by atoms with E-state index in [0.29, 0.717) is 38.1 Å². The van der Waals surface area contributed by atoms with Gasteiger partial charge in [-0.3, -0.25) is 14.3 Å². The lowest BCUT2D eigenvalue weighted by atomic mass is 10.1. The number of nitrogens with one attached hydrogen (secondary N) is 1. The zero-order chi connectivity index (χ0) is 24.8. The molecule has 0 aliphatic carbocycles. The second-order valence-electron chi connectivity index (χ2n) is 8.66. The molecule has 1 aliphatic rings. The smallest absolute Gasteiger partial charge is 0.229 e. The molecule has 8 nitrogen and oxygen atoms in total. The Bertz CT molecular complexity index is 1230. The number of carbonyl (C=O) groups excluding carboxylic acids is 2. The van der Waals surface area contributed by atoms with Gasteiger partial charge >= 0.3 is 0 Å². The summed E-state index contributed by atoms with van der Waals surface area (Å²) in [6.45, 7) is 4.88. The molecular formula is C27H29N5O3. The van der Waals surface area contributed by atoms with Crippen molar-refractivity contribution in [2.45, 2.75) is 52.1 Å². The number of amides is 2. The number of nitriles is 1. The lowest BCUT2D eigenvalue weighted by molar-refractivity contribution is -0.121. The summed E-state index contributed by atoms with van der Waals surface area (Å²) in [5, 5.41) is 16.3. The predicted octanol–water partition coefficient (Wildman–Crippen LogP) is 4.06. The van der Waals surface area contributed by atoms with E-state index in [1.54, 1.807) is 4.90 Å². The van der Waals surface area contributed by atoms with E-state index in [1.165, 1.54) is 0 Å². The average molecular weight is 472 g/mol. The van der Waals surface area contributed by atoms with Crippen LogP contribution in [0.1, 0.15) is 36.2 Å². The van der Waals surface area contributed by atoms with Crippen molar-refractivity contribution in [3.63, 3.8) is 0 Å². The maximum Gasteiger partial charge on any atom is 0.229 e. The molecule has 180 valence electrons. The molecule has 1 saturated heterocycles. The fourth-order valence-corrected chi connectivity index (χ4v) is 4.38. The maximum atomic E-state index is 12.6. The van der Waals surface area contributed by atoms with Crippen molar-refractivity contribution in [3.05, 3.63) is 71.5 Å². The molecule has 2 heterocycles. The lowest BCUT2D eigenvalue weighted by Crippen LogP contribution is -2.37. The highest BCUT2D eigenvalue weighted by Crippen LogP contribution is 2.27. The first kappa shape index (κ1) is 24.0. The van der Waals surface area contributed by atoms with Gasteiger partial charge in [-0.15, -0.1) is 0 Å². The van der Waals surface area contributed by atoms with Gasteiger partial charge in [0.2, 0.25) is 11.8 Å². The SMILES string of the molecule is Cc1nn(CCC#N)c(C)c1CCC(=O)N[C@H]1CC(=O)N(c2ccc(Oc3ccccc3)cc2)C1. The maximum absolute atomic E-state index is 12.6. The number of hydrogen-bond donors (Lipinski definition) is 1. The largest absolute Gasteiger partial charge is 0.457 e. The standard InChI is InChI=1S/C27H29N5O3/c1-19-25(20(2)32(30-19)16-6-15-28)13-14-26(33)29-21-17-27(34)31(18-21)22-9-11-24(12-10-22)35-23-7-4-3-5-8-23/h3-5,7-12,21H,6,13-14,16-18H2,1-2H3,(H,29,33)/t21-/m0/s1. The summed E-state index contributed by atoms with van der Waals surface area (Å²) in [7, 11) is 0. The van der Waals surface area contributed by atoms with E-state index in [1.807, 2.05) is 73.1 Å². The predicted molar refractivity (Wildman–Crippen MR) is 132 cm³/mol. The van der Waals surface area contributed by atoms with Crippen LogP contribution in [-0.4, -0.2) is 34.2 Å². The van der Waals surface area contributed by atoms with Gasteiger partial charge in [-0.05, 0) is 62.2 Å². The number of carbonyl (C=O) groups is 2. The molecule has 8 heteroatoms. The molecule has 2 aromatic carbocycles. The van der Waals surface area contributed by atoms with Crippen molar-refractivity contribution in [3.8, 4) is 17.6 Å². The molecule has 0 unspecified atom stereocenters. The van der Waals surface area contributed by atoms with E-state index in [2.05, 4.69) is 16.5 Å². The summed E-state index contributed by atoms with van der Waals surface area (Å²) >= 11 is 0. The van der Waals surface area contributed by atoms with Gasteiger partial charge in [0.25, 0.3) is 0 Å². The van der Waals surface area contributed by atoms with Crippen LogP contribution in [0.5, 0.6) is 11.5 Å². The van der Waals surface area contributed by atoms with Gasteiger partial charge < -0.3 is 15.0 Å². The van der Waals surface area contributed by atoms with E-state index in [-0.39, 0.29) is 24.3 Å².